The fraction of sp³-hybridized carbons (Fsp3) is 0.714. The van der Waals surface area contributed by atoms with Crippen molar-refractivity contribution in [2.24, 2.45) is 0 Å². The van der Waals surface area contributed by atoms with E-state index in [-0.39, 0.29) is 24.4 Å². The number of hydrogen-bond acceptors (Lipinski definition) is 3. The van der Waals surface area contributed by atoms with Crippen LogP contribution in [0.3, 0.4) is 0 Å². The van der Waals surface area contributed by atoms with Gasteiger partial charge in [0.05, 0.1) is 6.54 Å². The van der Waals surface area contributed by atoms with Crippen molar-refractivity contribution in [3.8, 4) is 0 Å². The van der Waals surface area contributed by atoms with Crippen LogP contribution in [-0.4, -0.2) is 44.6 Å². The lowest BCUT2D eigenvalue weighted by Crippen LogP contribution is -2.42. The van der Waals surface area contributed by atoms with Gasteiger partial charge in [-0.25, -0.2) is 9.78 Å². The van der Waals surface area contributed by atoms with Crippen LogP contribution in [-0.2, 0) is 6.54 Å². The van der Waals surface area contributed by atoms with E-state index >= 15 is 0 Å². The average Bonchev–Trinajstić information content (AvgIpc) is 3.08. The summed E-state index contributed by atoms with van der Waals surface area (Å²) in [7, 11) is 1.59. The Hall–Kier alpha value is -1.31. The van der Waals surface area contributed by atoms with E-state index in [1.165, 1.54) is 17.3 Å². The van der Waals surface area contributed by atoms with Gasteiger partial charge in [-0.15, -0.1) is 0 Å². The van der Waals surface area contributed by atoms with E-state index in [9.17, 15) is 13.6 Å². The monoisotopic (exact) mass is 332 g/mol. The van der Waals surface area contributed by atoms with Crippen LogP contribution in [0.4, 0.5) is 13.6 Å². The van der Waals surface area contributed by atoms with Crippen LogP contribution in [0.15, 0.2) is 12.4 Å². The molecule has 0 spiro atoms. The molecule has 5 nitrogen and oxygen atoms in total. The number of aromatic nitrogens is 2. The highest BCUT2D eigenvalue weighted by molar-refractivity contribution is 7.99. The number of carbonyl (C=O) groups is 1. The maximum atomic E-state index is 12.8. The summed E-state index contributed by atoms with van der Waals surface area (Å²) >= 11 is 1.93. The summed E-state index contributed by atoms with van der Waals surface area (Å²) in [4.78, 5) is 17.4. The van der Waals surface area contributed by atoms with Gasteiger partial charge in [0, 0.05) is 30.7 Å². The topological polar surface area (TPSA) is 50.2 Å². The van der Waals surface area contributed by atoms with Gasteiger partial charge in [0.25, 0.3) is 0 Å². The number of alkyl halides is 2. The molecule has 2 atom stereocenters. The predicted octanol–water partition coefficient (Wildman–Crippen LogP) is 3.09. The molecular weight excluding hydrogens is 310 g/mol. The molecule has 1 N–H and O–H groups in total. The fourth-order valence-corrected chi connectivity index (χ4v) is 3.81. The Morgan fingerprint density at radius 3 is 3.05 bits per heavy atom. The number of hydrogen-bond donors (Lipinski definition) is 1. The zero-order valence-electron chi connectivity index (χ0n) is 12.8. The van der Waals surface area contributed by atoms with E-state index in [2.05, 4.69) is 17.2 Å². The van der Waals surface area contributed by atoms with Crippen molar-refractivity contribution >= 4 is 17.8 Å². The summed E-state index contributed by atoms with van der Waals surface area (Å²) in [6, 6.07) is -0.0650. The number of halogens is 2. The lowest BCUT2D eigenvalue weighted by Gasteiger charge is -2.21. The highest BCUT2D eigenvalue weighted by Gasteiger charge is 2.27. The molecule has 0 saturated heterocycles. The first kappa shape index (κ1) is 17.1. The Morgan fingerprint density at radius 1 is 1.59 bits per heavy atom. The summed E-state index contributed by atoms with van der Waals surface area (Å²) in [5.41, 5.74) is 0. The number of nitrogens with zero attached hydrogens (tertiary/aromatic N) is 3. The third-order valence-electron chi connectivity index (χ3n) is 3.80. The van der Waals surface area contributed by atoms with Gasteiger partial charge in [0.2, 0.25) is 0 Å². The van der Waals surface area contributed by atoms with Crippen molar-refractivity contribution in [2.75, 3.05) is 12.8 Å². The Kier molecular flexibility index (Phi) is 6.05. The van der Waals surface area contributed by atoms with Gasteiger partial charge in [-0.3, -0.25) is 4.57 Å². The van der Waals surface area contributed by atoms with Gasteiger partial charge >= 0.3 is 12.6 Å². The molecule has 1 aliphatic carbocycles. The van der Waals surface area contributed by atoms with E-state index in [1.54, 1.807) is 7.05 Å². The van der Waals surface area contributed by atoms with Crippen LogP contribution < -0.4 is 5.32 Å². The van der Waals surface area contributed by atoms with Crippen LogP contribution in [0.1, 0.15) is 38.6 Å². The zero-order valence-corrected chi connectivity index (χ0v) is 13.7. The van der Waals surface area contributed by atoms with E-state index in [0.717, 1.165) is 29.6 Å². The number of rotatable bonds is 6. The van der Waals surface area contributed by atoms with Crippen molar-refractivity contribution in [1.82, 2.24) is 19.8 Å². The van der Waals surface area contributed by atoms with E-state index in [4.69, 9.17) is 0 Å². The minimum atomic E-state index is -2.64. The standard InChI is InChI=1S/C14H22F2N4OS/c1-3-22-11-5-4-10(8-11)18-14(21)19(2)9-12-17-6-7-20(12)13(15)16/h6-7,10-11,13H,3-5,8-9H2,1-2H3,(H,18,21)/t10-,11-/m0/s1. The lowest BCUT2D eigenvalue weighted by molar-refractivity contribution is 0.0650. The second-order valence-electron chi connectivity index (χ2n) is 5.42. The number of amides is 2. The Labute approximate surface area is 133 Å². The molecule has 0 aromatic carbocycles. The van der Waals surface area contributed by atoms with Gasteiger partial charge in [0.15, 0.2) is 0 Å². The highest BCUT2D eigenvalue weighted by Crippen LogP contribution is 2.29. The molecule has 1 aromatic heterocycles. The minimum absolute atomic E-state index is 0.0586. The molecule has 1 aromatic rings. The highest BCUT2D eigenvalue weighted by atomic mass is 32.2. The third kappa shape index (κ3) is 4.34. The number of carbonyl (C=O) groups excluding carboxylic acids is 1. The molecule has 2 amide bonds. The maximum absolute atomic E-state index is 12.8. The molecule has 0 unspecified atom stereocenters. The second kappa shape index (κ2) is 7.80. The van der Waals surface area contributed by atoms with Gasteiger partial charge in [0.1, 0.15) is 5.82 Å². The van der Waals surface area contributed by atoms with Crippen LogP contribution in [0.25, 0.3) is 0 Å². The quantitative estimate of drug-likeness (QED) is 0.871. The lowest BCUT2D eigenvalue weighted by atomic mass is 10.2. The number of nitrogens with one attached hydrogen (secondary N) is 1. The predicted molar refractivity (Wildman–Crippen MR) is 83.0 cm³/mol. The second-order valence-corrected chi connectivity index (χ2v) is 7.00. The molecule has 22 heavy (non-hydrogen) atoms. The number of urea groups is 1. The molecule has 124 valence electrons. The summed E-state index contributed by atoms with van der Waals surface area (Å²) in [5.74, 6) is 1.26. The molecule has 1 heterocycles. The van der Waals surface area contributed by atoms with E-state index in [1.807, 2.05) is 11.8 Å². The molecule has 8 heteroatoms. The first-order valence-corrected chi connectivity index (χ1v) is 8.49. The van der Waals surface area contributed by atoms with Gasteiger partial charge in [-0.05, 0) is 25.0 Å². The number of thioether (sulfide) groups is 1. The van der Waals surface area contributed by atoms with Gasteiger partial charge in [-0.1, -0.05) is 6.92 Å². The Morgan fingerprint density at radius 2 is 2.36 bits per heavy atom. The largest absolute Gasteiger partial charge is 0.335 e. The van der Waals surface area contributed by atoms with E-state index in [0.29, 0.717) is 5.25 Å². The molecule has 1 fully saturated rings. The Bertz CT molecular complexity index is 497. The first-order valence-electron chi connectivity index (χ1n) is 7.44. The molecule has 1 saturated carbocycles. The molecular formula is C14H22F2N4OS. The maximum Gasteiger partial charge on any atom is 0.319 e. The van der Waals surface area contributed by atoms with Crippen molar-refractivity contribution in [1.29, 1.82) is 0 Å². The normalized spacial score (nSPS) is 21.3. The van der Waals surface area contributed by atoms with Crippen LogP contribution in [0.2, 0.25) is 0 Å². The summed E-state index contributed by atoms with van der Waals surface area (Å²) in [6.07, 6.45) is 5.60. The van der Waals surface area contributed by atoms with Crippen LogP contribution >= 0.6 is 11.8 Å². The number of imidazole rings is 1. The molecule has 0 aliphatic heterocycles. The molecule has 2 rings (SSSR count). The summed E-state index contributed by atoms with van der Waals surface area (Å²) < 4.78 is 26.3. The van der Waals surface area contributed by atoms with Crippen molar-refractivity contribution in [2.45, 2.75) is 50.6 Å². The third-order valence-corrected chi connectivity index (χ3v) is 5.03. The summed E-state index contributed by atoms with van der Waals surface area (Å²) in [5, 5.41) is 3.59. The minimum Gasteiger partial charge on any atom is -0.335 e. The van der Waals surface area contributed by atoms with Crippen LogP contribution in [0.5, 0.6) is 0 Å². The van der Waals surface area contributed by atoms with Gasteiger partial charge < -0.3 is 10.2 Å². The smallest absolute Gasteiger partial charge is 0.319 e. The average molecular weight is 332 g/mol. The van der Waals surface area contributed by atoms with Crippen LogP contribution in [0, 0.1) is 0 Å². The molecule has 0 bridgehead atoms. The van der Waals surface area contributed by atoms with Crippen molar-refractivity contribution < 1.29 is 13.6 Å². The molecule has 1 aliphatic rings. The Balaban J connectivity index is 1.84. The van der Waals surface area contributed by atoms with E-state index < -0.39 is 6.55 Å². The van der Waals surface area contributed by atoms with Crippen molar-refractivity contribution in [3.63, 3.8) is 0 Å². The zero-order chi connectivity index (χ0) is 16.1. The molecule has 0 radical (unpaired) electrons. The fourth-order valence-electron chi connectivity index (χ4n) is 2.67. The van der Waals surface area contributed by atoms with Gasteiger partial charge in [-0.2, -0.15) is 20.5 Å². The SMILES string of the molecule is CCS[C@H]1CC[C@H](NC(=O)N(C)Cc2nccn2C(F)F)C1. The first-order chi connectivity index (χ1) is 10.5. The van der Waals surface area contributed by atoms with Crippen molar-refractivity contribution in [3.05, 3.63) is 18.2 Å². The summed E-state index contributed by atoms with van der Waals surface area (Å²) in [6.45, 7) is -0.450.